The first-order chi connectivity index (χ1) is 11.7. The van der Waals surface area contributed by atoms with E-state index in [9.17, 15) is 4.79 Å². The molecule has 1 heterocycles. The molecule has 3 aromatic carbocycles. The van der Waals surface area contributed by atoms with Crippen molar-refractivity contribution in [3.05, 3.63) is 100 Å². The molecule has 0 amide bonds. The second kappa shape index (κ2) is 6.25. The molecule has 0 fully saturated rings. The van der Waals surface area contributed by atoms with Gasteiger partial charge in [-0.25, -0.2) is 0 Å². The highest BCUT2D eigenvalue weighted by molar-refractivity contribution is 9.10. The zero-order valence-corrected chi connectivity index (χ0v) is 14.4. The molecule has 0 N–H and O–H groups in total. The van der Waals surface area contributed by atoms with E-state index < -0.39 is 0 Å². The minimum Gasteiger partial charge on any atom is -0.426 e. The summed E-state index contributed by atoms with van der Waals surface area (Å²) < 4.78 is 6.65. The predicted octanol–water partition coefficient (Wildman–Crippen LogP) is 5.28. The van der Waals surface area contributed by atoms with Crippen LogP contribution < -0.4 is 4.74 Å². The van der Waals surface area contributed by atoms with Gasteiger partial charge < -0.3 is 4.74 Å². The number of carbonyl (C=O) groups is 1. The Morgan fingerprint density at radius 1 is 0.708 bits per heavy atom. The topological polar surface area (TPSA) is 26.3 Å². The lowest BCUT2D eigenvalue weighted by Gasteiger charge is -2.32. The Hall–Kier alpha value is -2.39. The third kappa shape index (κ3) is 2.65. The van der Waals surface area contributed by atoms with Gasteiger partial charge in [0, 0.05) is 16.0 Å². The van der Waals surface area contributed by atoms with Gasteiger partial charge in [-0.1, -0.05) is 76.6 Å². The lowest BCUT2D eigenvalue weighted by Crippen LogP contribution is -2.30. The Bertz CT molecular complexity index is 872. The number of halogens is 1. The highest BCUT2D eigenvalue weighted by atomic mass is 79.9. The molecular weight excluding hydrogens is 364 g/mol. The Labute approximate surface area is 149 Å². The second-order valence-corrected chi connectivity index (χ2v) is 6.79. The van der Waals surface area contributed by atoms with E-state index in [1.54, 1.807) is 0 Å². The van der Waals surface area contributed by atoms with E-state index in [0.29, 0.717) is 5.75 Å². The van der Waals surface area contributed by atoms with Crippen molar-refractivity contribution in [1.82, 2.24) is 0 Å². The Morgan fingerprint density at radius 3 is 2.08 bits per heavy atom. The van der Waals surface area contributed by atoms with Gasteiger partial charge in [0.15, 0.2) is 0 Å². The highest BCUT2D eigenvalue weighted by Crippen LogP contribution is 2.46. The maximum Gasteiger partial charge on any atom is 0.319 e. The Morgan fingerprint density at radius 2 is 1.33 bits per heavy atom. The summed E-state index contributed by atoms with van der Waals surface area (Å²) in [7, 11) is 0. The quantitative estimate of drug-likeness (QED) is 0.447. The number of hydrogen-bond acceptors (Lipinski definition) is 2. The highest BCUT2D eigenvalue weighted by Gasteiger charge is 2.39. The molecule has 24 heavy (non-hydrogen) atoms. The molecule has 0 aromatic heterocycles. The van der Waals surface area contributed by atoms with E-state index in [2.05, 4.69) is 28.1 Å². The fourth-order valence-corrected chi connectivity index (χ4v) is 3.61. The summed E-state index contributed by atoms with van der Waals surface area (Å²) in [6.45, 7) is 0. The van der Waals surface area contributed by atoms with Gasteiger partial charge in [0.1, 0.15) is 5.75 Å². The molecule has 0 aliphatic carbocycles. The van der Waals surface area contributed by atoms with E-state index >= 15 is 0 Å². The molecule has 0 saturated carbocycles. The van der Waals surface area contributed by atoms with Crippen molar-refractivity contribution in [2.75, 3.05) is 0 Å². The summed E-state index contributed by atoms with van der Waals surface area (Å²) in [5.74, 6) is 0.0515. The van der Waals surface area contributed by atoms with Gasteiger partial charge in [-0.05, 0) is 29.3 Å². The lowest BCUT2D eigenvalue weighted by molar-refractivity contribution is -0.137. The Balaban J connectivity index is 1.91. The van der Waals surface area contributed by atoms with Gasteiger partial charge in [0.2, 0.25) is 0 Å². The first-order valence-electron chi connectivity index (χ1n) is 7.85. The minimum atomic E-state index is -0.345. The first kappa shape index (κ1) is 15.2. The number of esters is 1. The predicted molar refractivity (Wildman–Crippen MR) is 97.2 cm³/mol. The maximum atomic E-state index is 12.8. The number of ether oxygens (including phenoxy) is 1. The average molecular weight is 379 g/mol. The number of para-hydroxylation sites is 1. The van der Waals surface area contributed by atoms with Crippen LogP contribution in [0.2, 0.25) is 0 Å². The van der Waals surface area contributed by atoms with Gasteiger partial charge >= 0.3 is 5.97 Å². The van der Waals surface area contributed by atoms with E-state index in [1.165, 1.54) is 0 Å². The fourth-order valence-electron chi connectivity index (χ4n) is 3.35. The van der Waals surface area contributed by atoms with E-state index in [0.717, 1.165) is 21.2 Å². The van der Waals surface area contributed by atoms with Gasteiger partial charge in [-0.2, -0.15) is 0 Å². The van der Waals surface area contributed by atoms with Crippen LogP contribution in [0.3, 0.4) is 0 Å². The zero-order valence-electron chi connectivity index (χ0n) is 12.9. The van der Waals surface area contributed by atoms with Gasteiger partial charge in [-0.15, -0.1) is 0 Å². The smallest absolute Gasteiger partial charge is 0.319 e. The minimum absolute atomic E-state index is 0.0575. The molecule has 118 valence electrons. The van der Waals surface area contributed by atoms with Crippen LogP contribution in [0.4, 0.5) is 0 Å². The summed E-state index contributed by atoms with van der Waals surface area (Å²) in [6.07, 6.45) is 0. The van der Waals surface area contributed by atoms with Gasteiger partial charge in [0.25, 0.3) is 0 Å². The molecule has 2 atom stereocenters. The monoisotopic (exact) mass is 378 g/mol. The molecule has 3 heteroatoms. The molecule has 4 rings (SSSR count). The van der Waals surface area contributed by atoms with Crippen LogP contribution in [-0.2, 0) is 4.79 Å². The fraction of sp³-hybridized carbons (Fsp3) is 0.0952. The van der Waals surface area contributed by atoms with Crippen LogP contribution in [0.1, 0.15) is 28.5 Å². The van der Waals surface area contributed by atoms with Crippen LogP contribution in [0, 0.1) is 0 Å². The van der Waals surface area contributed by atoms with Crippen LogP contribution in [0.25, 0.3) is 0 Å². The van der Waals surface area contributed by atoms with Crippen molar-refractivity contribution in [3.8, 4) is 5.75 Å². The third-order valence-electron chi connectivity index (χ3n) is 4.44. The standard InChI is InChI=1S/C21H15BrO2/c22-16-12-10-15(11-13-16)19-17-8-4-5-9-18(17)24-21(23)20(19)14-6-2-1-3-7-14/h1-13,19-20H/t19-,20-/m1/s1. The van der Waals surface area contributed by atoms with E-state index in [1.807, 2.05) is 66.7 Å². The summed E-state index contributed by atoms with van der Waals surface area (Å²) in [5, 5.41) is 0. The molecule has 0 saturated heterocycles. The van der Waals surface area contributed by atoms with Gasteiger partial charge in [0.05, 0.1) is 5.92 Å². The van der Waals surface area contributed by atoms with Crippen LogP contribution in [-0.4, -0.2) is 5.97 Å². The van der Waals surface area contributed by atoms with Crippen molar-refractivity contribution in [3.63, 3.8) is 0 Å². The SMILES string of the molecule is O=C1Oc2ccccc2[C@@H](c2ccc(Br)cc2)[C@H]1c1ccccc1. The first-order valence-corrected chi connectivity index (χ1v) is 8.64. The van der Waals surface area contributed by atoms with Crippen LogP contribution in [0.5, 0.6) is 5.75 Å². The van der Waals surface area contributed by atoms with Crippen molar-refractivity contribution in [2.24, 2.45) is 0 Å². The molecule has 0 spiro atoms. The van der Waals surface area contributed by atoms with E-state index in [4.69, 9.17) is 4.74 Å². The normalized spacial score (nSPS) is 19.5. The molecule has 0 bridgehead atoms. The number of benzene rings is 3. The lowest BCUT2D eigenvalue weighted by atomic mass is 9.75. The number of hydrogen-bond donors (Lipinski definition) is 0. The van der Waals surface area contributed by atoms with Crippen LogP contribution in [0.15, 0.2) is 83.3 Å². The van der Waals surface area contributed by atoms with Crippen molar-refractivity contribution in [2.45, 2.75) is 11.8 Å². The molecule has 2 nitrogen and oxygen atoms in total. The summed E-state index contributed by atoms with van der Waals surface area (Å²) >= 11 is 3.48. The molecule has 1 aliphatic heterocycles. The largest absolute Gasteiger partial charge is 0.426 e. The van der Waals surface area contributed by atoms with Crippen LogP contribution >= 0.6 is 15.9 Å². The average Bonchev–Trinajstić information content (AvgIpc) is 2.62. The third-order valence-corrected chi connectivity index (χ3v) is 4.97. The molecular formula is C21H15BrO2. The molecule has 1 aliphatic rings. The summed E-state index contributed by atoms with van der Waals surface area (Å²) in [4.78, 5) is 12.8. The summed E-state index contributed by atoms with van der Waals surface area (Å²) in [5.41, 5.74) is 3.13. The molecule has 3 aromatic rings. The van der Waals surface area contributed by atoms with Gasteiger partial charge in [-0.3, -0.25) is 4.79 Å². The van der Waals surface area contributed by atoms with E-state index in [-0.39, 0.29) is 17.8 Å². The Kier molecular flexibility index (Phi) is 3.95. The van der Waals surface area contributed by atoms with Crippen molar-refractivity contribution >= 4 is 21.9 Å². The van der Waals surface area contributed by atoms with Crippen molar-refractivity contribution < 1.29 is 9.53 Å². The number of fused-ring (bicyclic) bond motifs is 1. The maximum absolute atomic E-state index is 12.8. The number of carbonyl (C=O) groups excluding carboxylic acids is 1. The van der Waals surface area contributed by atoms with Crippen molar-refractivity contribution in [1.29, 1.82) is 0 Å². The molecule has 0 radical (unpaired) electrons. The summed E-state index contributed by atoms with van der Waals surface area (Å²) in [6, 6.07) is 25.8. The molecule has 0 unspecified atom stereocenters. The number of rotatable bonds is 2. The zero-order chi connectivity index (χ0) is 16.5. The second-order valence-electron chi connectivity index (χ2n) is 5.88.